The van der Waals surface area contributed by atoms with Gasteiger partial charge in [0.1, 0.15) is 12.1 Å². The van der Waals surface area contributed by atoms with Crippen molar-refractivity contribution in [3.63, 3.8) is 0 Å². The van der Waals surface area contributed by atoms with Gasteiger partial charge >= 0.3 is 24.4 Å². The van der Waals surface area contributed by atoms with Crippen molar-refractivity contribution in [2.75, 3.05) is 35.7 Å². The molecule has 18 heteroatoms. The highest BCUT2D eigenvalue weighted by atomic mass is 32.2. The summed E-state index contributed by atoms with van der Waals surface area (Å²) in [5.74, 6) is -1.74. The molecule has 0 aromatic heterocycles. The van der Waals surface area contributed by atoms with Crippen molar-refractivity contribution in [1.82, 2.24) is 9.80 Å². The molecule has 0 aliphatic carbocycles. The normalized spacial score (nSPS) is 17.6. The molecule has 2 aliphatic heterocycles. The summed E-state index contributed by atoms with van der Waals surface area (Å²) in [6, 6.07) is 3.79. The first-order chi connectivity index (χ1) is 21.1. The minimum Gasteiger partial charge on any atom is -0.311 e. The van der Waals surface area contributed by atoms with Crippen LogP contribution in [0.15, 0.2) is 53.4 Å². The van der Waals surface area contributed by atoms with E-state index in [0.29, 0.717) is 34.3 Å². The number of carbonyl (C=O) groups excluding carboxylic acids is 4. The number of nitriles is 1. The highest BCUT2D eigenvalue weighted by molar-refractivity contribution is 7.90. The Hall–Kier alpha value is -4.92. The average Bonchev–Trinajstić information content (AvgIpc) is 3.31. The Morgan fingerprint density at radius 1 is 0.848 bits per heavy atom. The quantitative estimate of drug-likeness (QED) is 0.239. The number of sulfone groups is 1. The number of benzene rings is 2. The molecule has 2 aromatic rings. The Morgan fingerprint density at radius 3 is 1.96 bits per heavy atom. The van der Waals surface area contributed by atoms with Gasteiger partial charge in [-0.1, -0.05) is 12.2 Å². The third-order valence-electron chi connectivity index (χ3n) is 7.25. The van der Waals surface area contributed by atoms with E-state index >= 15 is 0 Å². The van der Waals surface area contributed by atoms with Gasteiger partial charge in [0.25, 0.3) is 11.8 Å². The Morgan fingerprint density at radius 2 is 1.39 bits per heavy atom. The second-order valence-corrected chi connectivity index (χ2v) is 12.7. The number of alkyl halides is 6. The summed E-state index contributed by atoms with van der Waals surface area (Å²) in [6.45, 7) is 1.65. The molecule has 0 radical (unpaired) electrons. The van der Waals surface area contributed by atoms with Crippen molar-refractivity contribution in [2.45, 2.75) is 36.6 Å². The van der Waals surface area contributed by atoms with E-state index in [4.69, 9.17) is 5.26 Å². The van der Waals surface area contributed by atoms with Gasteiger partial charge in [0.05, 0.1) is 39.0 Å². The molecule has 46 heavy (non-hydrogen) atoms. The van der Waals surface area contributed by atoms with E-state index in [-0.39, 0.29) is 13.1 Å². The fourth-order valence-corrected chi connectivity index (χ4v) is 5.79. The van der Waals surface area contributed by atoms with Crippen LogP contribution in [0.2, 0.25) is 0 Å². The van der Waals surface area contributed by atoms with Crippen molar-refractivity contribution in [2.24, 2.45) is 0 Å². The van der Waals surface area contributed by atoms with Crippen LogP contribution in [0.4, 0.5) is 47.3 Å². The summed E-state index contributed by atoms with van der Waals surface area (Å²) in [6.07, 6.45) is -6.78. The smallest absolute Gasteiger partial charge is 0.311 e. The van der Waals surface area contributed by atoms with E-state index in [1.165, 1.54) is 32.1 Å². The third-order valence-corrected chi connectivity index (χ3v) is 8.41. The fourth-order valence-electron chi connectivity index (χ4n) is 4.90. The number of rotatable bonds is 7. The molecule has 4 rings (SSSR count). The fraction of sp³-hybridized carbons (Fsp3) is 0.321. The van der Waals surface area contributed by atoms with Gasteiger partial charge in [-0.15, -0.1) is 0 Å². The van der Waals surface area contributed by atoms with Crippen LogP contribution in [-0.2, 0) is 31.8 Å². The molecule has 2 aromatic carbocycles. The monoisotopic (exact) mass is 671 g/mol. The molecule has 244 valence electrons. The van der Waals surface area contributed by atoms with Crippen LogP contribution < -0.4 is 9.80 Å². The highest BCUT2D eigenvalue weighted by Crippen LogP contribution is 2.39. The summed E-state index contributed by atoms with van der Waals surface area (Å²) < 4.78 is 105. The zero-order chi connectivity index (χ0) is 34.6. The van der Waals surface area contributed by atoms with Crippen molar-refractivity contribution >= 4 is 45.1 Å². The molecule has 2 saturated heterocycles. The lowest BCUT2D eigenvalue weighted by Crippen LogP contribution is -2.44. The second kappa shape index (κ2) is 11.5. The number of imide groups is 2. The van der Waals surface area contributed by atoms with E-state index < -0.39 is 91.1 Å². The van der Waals surface area contributed by atoms with Crippen LogP contribution >= 0.6 is 0 Å². The summed E-state index contributed by atoms with van der Waals surface area (Å²) in [5.41, 5.74) is -6.01. The van der Waals surface area contributed by atoms with Gasteiger partial charge in [0.2, 0.25) is 0 Å². The molecule has 0 bridgehead atoms. The number of hydrogen-bond donors (Lipinski definition) is 0. The molecule has 2 fully saturated rings. The molecule has 0 spiro atoms. The summed E-state index contributed by atoms with van der Waals surface area (Å²) >= 11 is 0. The van der Waals surface area contributed by atoms with Gasteiger partial charge in [-0.3, -0.25) is 9.59 Å². The molecule has 0 atom stereocenters. The van der Waals surface area contributed by atoms with Gasteiger partial charge in [-0.25, -0.2) is 27.8 Å². The standard InChI is InChI=1S/C28H23F6N5O6S/c1-26(2)23(41)39(18-7-6-16(14-35)19(12-18)27(29,30)31)25(43)37(26)11-5-4-10-36-15-22(40)38(24(36)42)17-8-9-21(46(3,44)45)20(13-17)28(32,33)34/h4-9,12-13H,10-11,15H2,1-3H3. The zero-order valence-electron chi connectivity index (χ0n) is 24.1. The number of hydrogen-bond acceptors (Lipinski definition) is 7. The maximum absolute atomic E-state index is 13.6. The molecular weight excluding hydrogens is 648 g/mol. The Labute approximate surface area is 257 Å². The van der Waals surface area contributed by atoms with E-state index in [2.05, 4.69) is 0 Å². The van der Waals surface area contributed by atoms with E-state index in [1.54, 1.807) is 0 Å². The number of halogens is 6. The molecule has 2 aliphatic rings. The van der Waals surface area contributed by atoms with E-state index in [0.717, 1.165) is 28.0 Å². The van der Waals surface area contributed by atoms with Crippen LogP contribution in [0, 0.1) is 11.3 Å². The molecule has 11 nitrogen and oxygen atoms in total. The average molecular weight is 672 g/mol. The van der Waals surface area contributed by atoms with Crippen molar-refractivity contribution < 1.29 is 53.9 Å². The number of urea groups is 2. The number of amides is 6. The number of anilines is 2. The highest BCUT2D eigenvalue weighted by Gasteiger charge is 2.52. The molecule has 2 heterocycles. The lowest BCUT2D eigenvalue weighted by atomic mass is 10.0. The lowest BCUT2D eigenvalue weighted by molar-refractivity contribution is -0.140. The zero-order valence-corrected chi connectivity index (χ0v) is 24.9. The molecule has 0 N–H and O–H groups in total. The van der Waals surface area contributed by atoms with Gasteiger partial charge < -0.3 is 9.80 Å². The first-order valence-electron chi connectivity index (χ1n) is 13.1. The largest absolute Gasteiger partial charge is 0.417 e. The van der Waals surface area contributed by atoms with E-state index in [9.17, 15) is 53.9 Å². The molecule has 6 amide bonds. The van der Waals surface area contributed by atoms with Crippen LogP contribution in [-0.4, -0.2) is 73.5 Å². The summed E-state index contributed by atoms with van der Waals surface area (Å²) in [5, 5.41) is 9.03. The minimum atomic E-state index is -5.11. The van der Waals surface area contributed by atoms with Crippen LogP contribution in [0.25, 0.3) is 0 Å². The SMILES string of the molecule is CC1(C)C(=O)N(c2ccc(C#N)c(C(F)(F)F)c2)C(=O)N1CC=CCN1CC(=O)N(c2ccc(S(C)(=O)=O)c(C(F)(F)F)c2)C1=O. The Kier molecular flexibility index (Phi) is 8.46. The molecule has 0 saturated carbocycles. The van der Waals surface area contributed by atoms with Crippen LogP contribution in [0.1, 0.15) is 30.5 Å². The van der Waals surface area contributed by atoms with Crippen LogP contribution in [0.3, 0.4) is 0 Å². The Balaban J connectivity index is 1.50. The first-order valence-corrected chi connectivity index (χ1v) is 15.0. The number of carbonyl (C=O) groups is 4. The van der Waals surface area contributed by atoms with E-state index in [1.807, 2.05) is 0 Å². The van der Waals surface area contributed by atoms with Gasteiger partial charge in [0, 0.05) is 19.3 Å². The summed E-state index contributed by atoms with van der Waals surface area (Å²) in [4.78, 5) is 53.8. The topological polar surface area (TPSA) is 139 Å². The minimum absolute atomic E-state index is 0.265. The van der Waals surface area contributed by atoms with Crippen molar-refractivity contribution in [3.05, 3.63) is 65.2 Å². The number of nitrogens with zero attached hydrogens (tertiary/aromatic N) is 5. The maximum atomic E-state index is 13.6. The first kappa shape index (κ1) is 34.0. The predicted molar refractivity (Wildman–Crippen MR) is 148 cm³/mol. The van der Waals surface area contributed by atoms with Gasteiger partial charge in [0.15, 0.2) is 9.84 Å². The van der Waals surface area contributed by atoms with Gasteiger partial charge in [-0.2, -0.15) is 31.6 Å². The Bertz CT molecular complexity index is 1830. The van der Waals surface area contributed by atoms with Gasteiger partial charge in [-0.05, 0) is 50.2 Å². The van der Waals surface area contributed by atoms with Crippen molar-refractivity contribution in [3.8, 4) is 6.07 Å². The van der Waals surface area contributed by atoms with Crippen molar-refractivity contribution in [1.29, 1.82) is 5.26 Å². The van der Waals surface area contributed by atoms with Crippen LogP contribution in [0.5, 0.6) is 0 Å². The molecule has 0 unspecified atom stereocenters. The summed E-state index contributed by atoms with van der Waals surface area (Å²) in [7, 11) is -4.30. The molecular formula is C28H23F6N5O6S. The second-order valence-electron chi connectivity index (χ2n) is 10.7. The maximum Gasteiger partial charge on any atom is 0.417 e. The third kappa shape index (κ3) is 6.14. The predicted octanol–water partition coefficient (Wildman–Crippen LogP) is 4.57. The lowest BCUT2D eigenvalue weighted by Gasteiger charge is -2.26.